The quantitative estimate of drug-likeness (QED) is 0.577. The summed E-state index contributed by atoms with van der Waals surface area (Å²) in [7, 11) is 0. The van der Waals surface area contributed by atoms with Crippen LogP contribution in [0.25, 0.3) is 0 Å². The van der Waals surface area contributed by atoms with Crippen LogP contribution in [0, 0.1) is 0 Å². The van der Waals surface area contributed by atoms with Crippen LogP contribution >= 0.6 is 54.8 Å². The van der Waals surface area contributed by atoms with Crippen LogP contribution in [0.15, 0.2) is 38.6 Å². The van der Waals surface area contributed by atoms with Crippen LogP contribution in [0.2, 0.25) is 0 Å². The zero-order valence-electron chi connectivity index (χ0n) is 9.20. The van der Waals surface area contributed by atoms with Crippen LogP contribution in [-0.2, 0) is 0 Å². The SMILES string of the molecule is ClC(c1cc(Br)c(Br)s1)C1COc2ccccc21. The Labute approximate surface area is 131 Å². The Kier molecular flexibility index (Phi) is 3.72. The first-order chi connectivity index (χ1) is 8.66. The first kappa shape index (κ1) is 13.0. The smallest absolute Gasteiger partial charge is 0.122 e. The average molecular weight is 409 g/mol. The maximum absolute atomic E-state index is 6.61. The van der Waals surface area contributed by atoms with Gasteiger partial charge in [-0.05, 0) is 44.0 Å². The lowest BCUT2D eigenvalue weighted by Crippen LogP contribution is -2.06. The Hall–Kier alpha value is -0.0300. The van der Waals surface area contributed by atoms with Crippen molar-refractivity contribution in [2.75, 3.05) is 6.61 Å². The van der Waals surface area contributed by atoms with E-state index in [4.69, 9.17) is 16.3 Å². The van der Waals surface area contributed by atoms with E-state index >= 15 is 0 Å². The standard InChI is InChI=1S/C13H9Br2ClOS/c14-9-5-11(18-13(9)15)12(16)8-6-17-10-4-2-1-3-7(8)10/h1-5,8,12H,6H2. The second-order valence-electron chi connectivity index (χ2n) is 4.13. The third-order valence-corrected chi connectivity index (χ3v) is 7.03. The number of halogens is 3. The molecule has 0 bridgehead atoms. The predicted molar refractivity (Wildman–Crippen MR) is 83.0 cm³/mol. The normalized spacial score (nSPS) is 19.4. The van der Waals surface area contributed by atoms with Crippen molar-refractivity contribution in [1.82, 2.24) is 0 Å². The van der Waals surface area contributed by atoms with Crippen molar-refractivity contribution in [3.63, 3.8) is 0 Å². The summed E-state index contributed by atoms with van der Waals surface area (Å²) in [5, 5.41) is -0.0544. The summed E-state index contributed by atoms with van der Waals surface area (Å²) in [6.45, 7) is 0.653. The summed E-state index contributed by atoms with van der Waals surface area (Å²) in [4.78, 5) is 1.15. The molecule has 1 nitrogen and oxygen atoms in total. The van der Waals surface area contributed by atoms with E-state index in [1.54, 1.807) is 11.3 Å². The molecule has 1 aliphatic rings. The maximum Gasteiger partial charge on any atom is 0.122 e. The highest BCUT2D eigenvalue weighted by molar-refractivity contribution is 9.13. The van der Waals surface area contributed by atoms with E-state index in [9.17, 15) is 0 Å². The topological polar surface area (TPSA) is 9.23 Å². The second kappa shape index (κ2) is 5.16. The van der Waals surface area contributed by atoms with Gasteiger partial charge in [0.1, 0.15) is 5.75 Å². The van der Waals surface area contributed by atoms with Crippen molar-refractivity contribution < 1.29 is 4.74 Å². The van der Waals surface area contributed by atoms with Gasteiger partial charge >= 0.3 is 0 Å². The van der Waals surface area contributed by atoms with Crippen LogP contribution in [0.1, 0.15) is 21.7 Å². The van der Waals surface area contributed by atoms with Crippen molar-refractivity contribution in [2.24, 2.45) is 0 Å². The summed E-state index contributed by atoms with van der Waals surface area (Å²) >= 11 is 15.3. The molecule has 2 unspecified atom stereocenters. The molecule has 0 saturated carbocycles. The molecule has 0 amide bonds. The maximum atomic E-state index is 6.61. The molecule has 18 heavy (non-hydrogen) atoms. The number of hydrogen-bond acceptors (Lipinski definition) is 2. The molecule has 3 rings (SSSR count). The average Bonchev–Trinajstić information content (AvgIpc) is 2.93. The number of hydrogen-bond donors (Lipinski definition) is 0. The van der Waals surface area contributed by atoms with Crippen LogP contribution in [0.5, 0.6) is 5.75 Å². The number of para-hydroxylation sites is 1. The van der Waals surface area contributed by atoms with Crippen molar-refractivity contribution >= 4 is 54.8 Å². The third kappa shape index (κ3) is 2.24. The van der Waals surface area contributed by atoms with Crippen molar-refractivity contribution in [3.8, 4) is 5.75 Å². The van der Waals surface area contributed by atoms with Gasteiger partial charge in [-0.25, -0.2) is 0 Å². The lowest BCUT2D eigenvalue weighted by atomic mass is 9.97. The van der Waals surface area contributed by atoms with Gasteiger partial charge in [-0.1, -0.05) is 18.2 Å². The Morgan fingerprint density at radius 3 is 2.83 bits per heavy atom. The predicted octanol–water partition coefficient (Wildman–Crippen LogP) is 5.73. The molecule has 1 aromatic carbocycles. The van der Waals surface area contributed by atoms with Gasteiger partial charge in [-0.3, -0.25) is 0 Å². The van der Waals surface area contributed by atoms with Gasteiger partial charge in [0.15, 0.2) is 0 Å². The number of thiophene rings is 1. The molecule has 0 aliphatic carbocycles. The van der Waals surface area contributed by atoms with Crippen molar-refractivity contribution in [3.05, 3.63) is 49.0 Å². The third-order valence-electron chi connectivity index (χ3n) is 3.03. The molecule has 0 spiro atoms. The molecule has 2 aromatic rings. The molecule has 0 radical (unpaired) electrons. The summed E-state index contributed by atoms with van der Waals surface area (Å²) in [6.07, 6.45) is 0. The summed E-state index contributed by atoms with van der Waals surface area (Å²) in [6, 6.07) is 10.2. The van der Waals surface area contributed by atoms with Gasteiger partial charge in [0.2, 0.25) is 0 Å². The highest BCUT2D eigenvalue weighted by Crippen LogP contribution is 2.47. The van der Waals surface area contributed by atoms with Crippen LogP contribution in [0.3, 0.4) is 0 Å². The number of fused-ring (bicyclic) bond motifs is 1. The van der Waals surface area contributed by atoms with Gasteiger partial charge in [0.05, 0.1) is 15.8 Å². The lowest BCUT2D eigenvalue weighted by molar-refractivity contribution is 0.328. The van der Waals surface area contributed by atoms with Gasteiger partial charge in [0.25, 0.3) is 0 Å². The first-order valence-electron chi connectivity index (χ1n) is 5.47. The van der Waals surface area contributed by atoms with Gasteiger partial charge in [0, 0.05) is 20.8 Å². The van der Waals surface area contributed by atoms with Gasteiger partial charge in [-0.15, -0.1) is 22.9 Å². The monoisotopic (exact) mass is 406 g/mol. The minimum absolute atomic E-state index is 0.0544. The van der Waals surface area contributed by atoms with Gasteiger partial charge < -0.3 is 4.74 Å². The molecular formula is C13H9Br2ClOS. The van der Waals surface area contributed by atoms with E-state index in [1.165, 1.54) is 5.56 Å². The molecule has 0 N–H and O–H groups in total. The van der Waals surface area contributed by atoms with Crippen molar-refractivity contribution in [1.29, 1.82) is 0 Å². The highest BCUT2D eigenvalue weighted by atomic mass is 79.9. The molecule has 0 saturated heterocycles. The van der Waals surface area contributed by atoms with E-state index in [0.717, 1.165) is 18.9 Å². The Morgan fingerprint density at radius 2 is 2.11 bits per heavy atom. The number of benzene rings is 1. The minimum Gasteiger partial charge on any atom is -0.493 e. The minimum atomic E-state index is -0.0544. The molecule has 1 aromatic heterocycles. The fraction of sp³-hybridized carbons (Fsp3) is 0.231. The second-order valence-corrected chi connectivity index (χ2v) is 7.85. The highest BCUT2D eigenvalue weighted by Gasteiger charge is 2.32. The van der Waals surface area contributed by atoms with Crippen LogP contribution in [-0.4, -0.2) is 6.61 Å². The fourth-order valence-electron chi connectivity index (χ4n) is 2.13. The lowest BCUT2D eigenvalue weighted by Gasteiger charge is -2.14. The van der Waals surface area contributed by atoms with E-state index in [-0.39, 0.29) is 11.3 Å². The van der Waals surface area contributed by atoms with Gasteiger partial charge in [-0.2, -0.15) is 0 Å². The molecule has 2 heterocycles. The summed E-state index contributed by atoms with van der Waals surface area (Å²) in [5.74, 6) is 1.18. The zero-order valence-corrected chi connectivity index (χ0v) is 13.9. The molecule has 0 fully saturated rings. The largest absolute Gasteiger partial charge is 0.493 e. The molecular weight excluding hydrogens is 399 g/mol. The Morgan fingerprint density at radius 1 is 1.33 bits per heavy atom. The zero-order chi connectivity index (χ0) is 12.7. The van der Waals surface area contributed by atoms with E-state index in [2.05, 4.69) is 44.0 Å². The number of rotatable bonds is 2. The van der Waals surface area contributed by atoms with Crippen molar-refractivity contribution in [2.45, 2.75) is 11.3 Å². The molecule has 1 aliphatic heterocycles. The van der Waals surface area contributed by atoms with Crippen LogP contribution < -0.4 is 4.74 Å². The van der Waals surface area contributed by atoms with E-state index in [0.29, 0.717) is 6.61 Å². The summed E-state index contributed by atoms with van der Waals surface area (Å²) in [5.41, 5.74) is 1.21. The fourth-order valence-corrected chi connectivity index (χ4v) is 4.67. The van der Waals surface area contributed by atoms with Crippen LogP contribution in [0.4, 0.5) is 0 Å². The van der Waals surface area contributed by atoms with E-state index < -0.39 is 0 Å². The number of alkyl halides is 1. The Balaban J connectivity index is 1.92. The van der Waals surface area contributed by atoms with E-state index in [1.807, 2.05) is 18.2 Å². The molecule has 94 valence electrons. The number of ether oxygens (including phenoxy) is 1. The molecule has 5 heteroatoms. The first-order valence-corrected chi connectivity index (χ1v) is 8.31. The molecule has 2 atom stereocenters. The summed E-state index contributed by atoms with van der Waals surface area (Å²) < 4.78 is 7.82. The Bertz CT molecular complexity index is 565.